The predicted octanol–water partition coefficient (Wildman–Crippen LogP) is -0.195. The van der Waals surface area contributed by atoms with Gasteiger partial charge >= 0.3 is 0 Å². The molecule has 0 saturated carbocycles. The Balaban J connectivity index is 1.91. The van der Waals surface area contributed by atoms with Crippen LogP contribution in [0.1, 0.15) is 25.7 Å². The van der Waals surface area contributed by atoms with E-state index in [0.29, 0.717) is 6.54 Å². The summed E-state index contributed by atoms with van der Waals surface area (Å²) in [6.07, 6.45) is 4.12. The van der Waals surface area contributed by atoms with Gasteiger partial charge in [0.05, 0.1) is 6.10 Å². The number of hydrogen-bond donors (Lipinski definition) is 3. The Bertz CT molecular complexity index is 150. The maximum atomic E-state index is 9.71. The quantitative estimate of drug-likeness (QED) is 0.492. The van der Waals surface area contributed by atoms with Gasteiger partial charge in [0, 0.05) is 19.7 Å². The molecule has 0 radical (unpaired) electrons. The molecule has 15 heavy (non-hydrogen) atoms. The molecule has 0 spiro atoms. The summed E-state index contributed by atoms with van der Waals surface area (Å²) in [7, 11) is 0. The number of unbranched alkanes of at least 4 members (excludes halogenated alkanes) is 1. The molecule has 1 aliphatic heterocycles. The third-order valence-corrected chi connectivity index (χ3v) is 2.81. The Kier molecular flexibility index (Phi) is 6.92. The molecule has 0 aromatic rings. The lowest BCUT2D eigenvalue weighted by Gasteiger charge is -2.19. The van der Waals surface area contributed by atoms with Gasteiger partial charge in [0.25, 0.3) is 0 Å². The smallest absolute Gasteiger partial charge is 0.0791 e. The van der Waals surface area contributed by atoms with Crippen LogP contribution >= 0.6 is 0 Å². The minimum Gasteiger partial charge on any atom is -0.396 e. The van der Waals surface area contributed by atoms with Crippen LogP contribution in [0.25, 0.3) is 0 Å². The average Bonchev–Trinajstić information content (AvgIpc) is 2.70. The van der Waals surface area contributed by atoms with Crippen LogP contribution < -0.4 is 5.32 Å². The van der Waals surface area contributed by atoms with Crippen molar-refractivity contribution >= 4 is 0 Å². The van der Waals surface area contributed by atoms with Gasteiger partial charge in [-0.25, -0.2) is 0 Å². The van der Waals surface area contributed by atoms with Crippen LogP contribution in [0.5, 0.6) is 0 Å². The van der Waals surface area contributed by atoms with Gasteiger partial charge in [-0.05, 0) is 45.3 Å². The summed E-state index contributed by atoms with van der Waals surface area (Å²) in [5, 5.41) is 21.5. The second-order valence-corrected chi connectivity index (χ2v) is 4.30. The first kappa shape index (κ1) is 12.9. The number of rotatable bonds is 8. The van der Waals surface area contributed by atoms with Crippen molar-refractivity contribution in [3.63, 3.8) is 0 Å². The minimum absolute atomic E-state index is 0.253. The van der Waals surface area contributed by atoms with E-state index in [2.05, 4.69) is 10.2 Å². The molecule has 1 heterocycles. The second kappa shape index (κ2) is 8.05. The lowest BCUT2D eigenvalue weighted by molar-refractivity contribution is 0.123. The lowest BCUT2D eigenvalue weighted by atomic mass is 10.3. The number of aliphatic hydroxyl groups is 2. The summed E-state index contributed by atoms with van der Waals surface area (Å²) < 4.78 is 0. The van der Waals surface area contributed by atoms with Crippen LogP contribution in [0, 0.1) is 0 Å². The molecule has 1 rings (SSSR count). The standard InChI is InChI=1S/C11H24N2O2/c14-8-4-1-5-12-9-11(15)10-13-6-2-3-7-13/h11-12,14-15H,1-10H2. The zero-order chi connectivity index (χ0) is 10.9. The molecule has 90 valence electrons. The summed E-state index contributed by atoms with van der Waals surface area (Å²) >= 11 is 0. The highest BCUT2D eigenvalue weighted by Crippen LogP contribution is 2.07. The maximum absolute atomic E-state index is 9.71. The van der Waals surface area contributed by atoms with Crippen LogP contribution in [-0.2, 0) is 0 Å². The Hall–Kier alpha value is -0.160. The van der Waals surface area contributed by atoms with E-state index in [1.165, 1.54) is 12.8 Å². The average molecular weight is 216 g/mol. The highest BCUT2D eigenvalue weighted by Gasteiger charge is 2.14. The van der Waals surface area contributed by atoms with Crippen molar-refractivity contribution in [3.05, 3.63) is 0 Å². The predicted molar refractivity (Wildman–Crippen MR) is 60.9 cm³/mol. The van der Waals surface area contributed by atoms with Crippen molar-refractivity contribution in [2.24, 2.45) is 0 Å². The largest absolute Gasteiger partial charge is 0.396 e. The summed E-state index contributed by atoms with van der Waals surface area (Å²) in [5.41, 5.74) is 0. The maximum Gasteiger partial charge on any atom is 0.0791 e. The third-order valence-electron chi connectivity index (χ3n) is 2.81. The first-order valence-corrected chi connectivity index (χ1v) is 6.05. The zero-order valence-corrected chi connectivity index (χ0v) is 9.49. The second-order valence-electron chi connectivity index (χ2n) is 4.30. The number of nitrogens with zero attached hydrogens (tertiary/aromatic N) is 1. The Morgan fingerprint density at radius 2 is 1.93 bits per heavy atom. The summed E-state index contributed by atoms with van der Waals surface area (Å²) in [5.74, 6) is 0. The number of β-amino-alcohol motifs (C(OH)–C–C–N with tert-alkyl or cyclic N) is 1. The molecule has 1 atom stereocenters. The molecule has 0 amide bonds. The lowest BCUT2D eigenvalue weighted by Crippen LogP contribution is -2.37. The zero-order valence-electron chi connectivity index (χ0n) is 9.49. The molecule has 4 nitrogen and oxygen atoms in total. The Morgan fingerprint density at radius 3 is 2.60 bits per heavy atom. The van der Waals surface area contributed by atoms with Crippen LogP contribution in [0.4, 0.5) is 0 Å². The first-order valence-electron chi connectivity index (χ1n) is 6.05. The van der Waals surface area contributed by atoms with E-state index < -0.39 is 0 Å². The van der Waals surface area contributed by atoms with Crippen LogP contribution in [0.2, 0.25) is 0 Å². The summed E-state index contributed by atoms with van der Waals surface area (Å²) in [6, 6.07) is 0. The van der Waals surface area contributed by atoms with Crippen LogP contribution in [0.3, 0.4) is 0 Å². The van der Waals surface area contributed by atoms with Crippen molar-refractivity contribution in [3.8, 4) is 0 Å². The number of nitrogens with one attached hydrogen (secondary N) is 1. The van der Waals surface area contributed by atoms with Crippen molar-refractivity contribution in [1.29, 1.82) is 0 Å². The molecule has 3 N–H and O–H groups in total. The summed E-state index contributed by atoms with van der Waals surface area (Å²) in [6.45, 7) is 4.90. The van der Waals surface area contributed by atoms with Crippen molar-refractivity contribution in [2.45, 2.75) is 31.8 Å². The van der Waals surface area contributed by atoms with E-state index >= 15 is 0 Å². The van der Waals surface area contributed by atoms with E-state index in [0.717, 1.165) is 39.0 Å². The summed E-state index contributed by atoms with van der Waals surface area (Å²) in [4.78, 5) is 2.32. The van der Waals surface area contributed by atoms with Gasteiger partial charge in [0.1, 0.15) is 0 Å². The van der Waals surface area contributed by atoms with Crippen LogP contribution in [-0.4, -0.2) is 60.5 Å². The van der Waals surface area contributed by atoms with E-state index in [4.69, 9.17) is 5.11 Å². The number of hydrogen-bond acceptors (Lipinski definition) is 4. The van der Waals surface area contributed by atoms with E-state index in [1.54, 1.807) is 0 Å². The van der Waals surface area contributed by atoms with E-state index in [-0.39, 0.29) is 12.7 Å². The third kappa shape index (κ3) is 6.10. The first-order chi connectivity index (χ1) is 7.33. The van der Waals surface area contributed by atoms with Crippen molar-refractivity contribution in [1.82, 2.24) is 10.2 Å². The normalized spacial score (nSPS) is 19.6. The van der Waals surface area contributed by atoms with E-state index in [1.807, 2.05) is 0 Å². The molecule has 0 aromatic carbocycles. The van der Waals surface area contributed by atoms with Gasteiger partial charge < -0.3 is 20.4 Å². The van der Waals surface area contributed by atoms with Crippen molar-refractivity contribution in [2.75, 3.05) is 39.3 Å². The highest BCUT2D eigenvalue weighted by atomic mass is 16.3. The van der Waals surface area contributed by atoms with E-state index in [9.17, 15) is 5.11 Å². The molecule has 0 aromatic heterocycles. The van der Waals surface area contributed by atoms with Gasteiger partial charge in [-0.1, -0.05) is 0 Å². The molecule has 1 fully saturated rings. The van der Waals surface area contributed by atoms with Crippen LogP contribution in [0.15, 0.2) is 0 Å². The minimum atomic E-state index is -0.253. The van der Waals surface area contributed by atoms with Gasteiger partial charge in [-0.3, -0.25) is 0 Å². The van der Waals surface area contributed by atoms with Gasteiger partial charge in [0.15, 0.2) is 0 Å². The topological polar surface area (TPSA) is 55.7 Å². The molecule has 0 aliphatic carbocycles. The molecule has 0 bridgehead atoms. The monoisotopic (exact) mass is 216 g/mol. The molecular formula is C11H24N2O2. The SMILES string of the molecule is OCCCCNCC(O)CN1CCCC1. The number of aliphatic hydroxyl groups excluding tert-OH is 2. The fourth-order valence-electron chi connectivity index (χ4n) is 1.96. The molecule has 4 heteroatoms. The van der Waals surface area contributed by atoms with Gasteiger partial charge in [0.2, 0.25) is 0 Å². The fraction of sp³-hybridized carbons (Fsp3) is 1.00. The molecular weight excluding hydrogens is 192 g/mol. The Labute approximate surface area is 92.3 Å². The molecule has 1 unspecified atom stereocenters. The highest BCUT2D eigenvalue weighted by molar-refractivity contribution is 4.71. The van der Waals surface area contributed by atoms with Gasteiger partial charge in [-0.2, -0.15) is 0 Å². The molecule has 1 aliphatic rings. The fourth-order valence-corrected chi connectivity index (χ4v) is 1.96. The van der Waals surface area contributed by atoms with Gasteiger partial charge in [-0.15, -0.1) is 0 Å². The molecule has 1 saturated heterocycles. The van der Waals surface area contributed by atoms with Crippen molar-refractivity contribution < 1.29 is 10.2 Å². The Morgan fingerprint density at radius 1 is 1.20 bits per heavy atom. The number of likely N-dealkylation sites (tertiary alicyclic amines) is 1.